The normalized spacial score (nSPS) is 18.5. The molecule has 1 atom stereocenters. The Balaban J connectivity index is 1.66. The lowest BCUT2D eigenvalue weighted by Gasteiger charge is -2.33. The Labute approximate surface area is 150 Å². The molecular formula is C20H21F3N2O. The van der Waals surface area contributed by atoms with Gasteiger partial charge in [-0.05, 0) is 31.0 Å². The van der Waals surface area contributed by atoms with E-state index >= 15 is 0 Å². The first-order chi connectivity index (χ1) is 12.4. The molecule has 1 aliphatic heterocycles. The number of rotatable bonds is 4. The third kappa shape index (κ3) is 4.64. The molecule has 0 aliphatic carbocycles. The van der Waals surface area contributed by atoms with E-state index in [1.165, 1.54) is 0 Å². The van der Waals surface area contributed by atoms with Crippen molar-refractivity contribution in [3.63, 3.8) is 0 Å². The highest BCUT2D eigenvalue weighted by Crippen LogP contribution is 2.33. The van der Waals surface area contributed by atoms with E-state index in [0.29, 0.717) is 18.7 Å². The van der Waals surface area contributed by atoms with Gasteiger partial charge in [-0.25, -0.2) is 0 Å². The van der Waals surface area contributed by atoms with Crippen LogP contribution >= 0.6 is 0 Å². The third-order valence-corrected chi connectivity index (χ3v) is 4.62. The Hall–Kier alpha value is -2.34. The van der Waals surface area contributed by atoms with Gasteiger partial charge in [0.25, 0.3) is 0 Å². The van der Waals surface area contributed by atoms with Crippen molar-refractivity contribution < 1.29 is 18.0 Å². The van der Waals surface area contributed by atoms with Crippen molar-refractivity contribution in [3.05, 3.63) is 54.6 Å². The molecule has 138 valence electrons. The average molecular weight is 362 g/mol. The van der Waals surface area contributed by atoms with Crippen LogP contribution in [0.1, 0.15) is 12.8 Å². The number of carbonyl (C=O) groups is 1. The van der Waals surface area contributed by atoms with Gasteiger partial charge in [0.05, 0.1) is 12.5 Å². The predicted molar refractivity (Wildman–Crippen MR) is 95.7 cm³/mol. The zero-order chi connectivity index (χ0) is 18.6. The maximum absolute atomic E-state index is 12.9. The molecule has 2 aromatic rings. The Morgan fingerprint density at radius 3 is 2.50 bits per heavy atom. The molecule has 0 saturated carbocycles. The number of nitrogens with one attached hydrogen (secondary N) is 1. The lowest BCUT2D eigenvalue weighted by molar-refractivity contribution is -0.186. The van der Waals surface area contributed by atoms with Crippen molar-refractivity contribution in [2.45, 2.75) is 19.0 Å². The summed E-state index contributed by atoms with van der Waals surface area (Å²) in [6.45, 7) is 0.368. The molecule has 3 rings (SSSR count). The van der Waals surface area contributed by atoms with E-state index in [1.54, 1.807) is 11.0 Å². The second kappa shape index (κ2) is 7.91. The Kier molecular flexibility index (Phi) is 5.61. The second-order valence-electron chi connectivity index (χ2n) is 6.58. The first-order valence-corrected chi connectivity index (χ1v) is 8.67. The van der Waals surface area contributed by atoms with E-state index < -0.39 is 12.1 Å². The summed E-state index contributed by atoms with van der Waals surface area (Å²) in [7, 11) is 0. The molecular weight excluding hydrogens is 341 g/mol. The van der Waals surface area contributed by atoms with Crippen LogP contribution in [0.4, 0.5) is 18.9 Å². The molecule has 1 fully saturated rings. The van der Waals surface area contributed by atoms with Gasteiger partial charge < -0.3 is 5.32 Å². The minimum atomic E-state index is -4.20. The maximum atomic E-state index is 12.9. The number of benzene rings is 2. The van der Waals surface area contributed by atoms with Gasteiger partial charge in [-0.1, -0.05) is 48.5 Å². The van der Waals surface area contributed by atoms with E-state index in [0.717, 1.165) is 11.1 Å². The number of alkyl halides is 3. The van der Waals surface area contributed by atoms with Crippen LogP contribution in [0.3, 0.4) is 0 Å². The van der Waals surface area contributed by atoms with E-state index in [4.69, 9.17) is 0 Å². The minimum absolute atomic E-state index is 0.0320. The van der Waals surface area contributed by atoms with Gasteiger partial charge in [0, 0.05) is 17.8 Å². The summed E-state index contributed by atoms with van der Waals surface area (Å²) in [5, 5.41) is 2.85. The molecule has 2 aromatic carbocycles. The molecule has 1 heterocycles. The zero-order valence-electron chi connectivity index (χ0n) is 14.3. The van der Waals surface area contributed by atoms with Crippen LogP contribution in [0.5, 0.6) is 0 Å². The lowest BCUT2D eigenvalue weighted by Crippen LogP contribution is -2.44. The maximum Gasteiger partial charge on any atom is 0.393 e. The number of piperidine rings is 1. The molecule has 0 radical (unpaired) electrons. The Bertz CT molecular complexity index is 746. The molecule has 1 aliphatic rings. The number of halogens is 3. The van der Waals surface area contributed by atoms with Crippen LogP contribution in [-0.4, -0.2) is 36.6 Å². The van der Waals surface area contributed by atoms with Crippen molar-refractivity contribution in [1.82, 2.24) is 4.90 Å². The van der Waals surface area contributed by atoms with Crippen molar-refractivity contribution in [1.29, 1.82) is 0 Å². The van der Waals surface area contributed by atoms with E-state index in [9.17, 15) is 18.0 Å². The third-order valence-electron chi connectivity index (χ3n) is 4.62. The highest BCUT2D eigenvalue weighted by molar-refractivity contribution is 5.96. The largest absolute Gasteiger partial charge is 0.393 e. The van der Waals surface area contributed by atoms with Crippen molar-refractivity contribution >= 4 is 11.6 Å². The summed E-state index contributed by atoms with van der Waals surface area (Å²) in [6.07, 6.45) is -3.61. The van der Waals surface area contributed by atoms with Gasteiger partial charge in [-0.3, -0.25) is 9.69 Å². The highest BCUT2D eigenvalue weighted by Gasteiger charge is 2.41. The van der Waals surface area contributed by atoms with E-state index in [2.05, 4.69) is 5.32 Å². The SMILES string of the molecule is O=C(CN1CCC[C@H](C(F)(F)F)C1)Nc1ccccc1-c1ccccc1. The number of carbonyl (C=O) groups excluding carboxylic acids is 1. The molecule has 0 spiro atoms. The number of anilines is 1. The molecule has 1 amide bonds. The molecule has 1 N–H and O–H groups in total. The number of amides is 1. The smallest absolute Gasteiger partial charge is 0.324 e. The zero-order valence-corrected chi connectivity index (χ0v) is 14.3. The fourth-order valence-electron chi connectivity index (χ4n) is 3.32. The van der Waals surface area contributed by atoms with Gasteiger partial charge in [0.1, 0.15) is 0 Å². The van der Waals surface area contributed by atoms with Crippen LogP contribution in [0.15, 0.2) is 54.6 Å². The summed E-state index contributed by atoms with van der Waals surface area (Å²) in [5.41, 5.74) is 2.51. The monoisotopic (exact) mass is 362 g/mol. The molecule has 0 unspecified atom stereocenters. The first-order valence-electron chi connectivity index (χ1n) is 8.67. The van der Waals surface area contributed by atoms with Gasteiger partial charge in [-0.15, -0.1) is 0 Å². The predicted octanol–water partition coefficient (Wildman–Crippen LogP) is 4.57. The second-order valence-corrected chi connectivity index (χ2v) is 6.58. The number of hydrogen-bond acceptors (Lipinski definition) is 2. The quantitative estimate of drug-likeness (QED) is 0.864. The molecule has 0 aromatic heterocycles. The molecule has 0 bridgehead atoms. The molecule has 1 saturated heterocycles. The molecule has 6 heteroatoms. The van der Waals surface area contributed by atoms with Crippen LogP contribution < -0.4 is 5.32 Å². The first kappa shape index (κ1) is 18.5. The van der Waals surface area contributed by atoms with Gasteiger partial charge in [0.15, 0.2) is 0 Å². The average Bonchev–Trinajstić information content (AvgIpc) is 2.62. The summed E-state index contributed by atoms with van der Waals surface area (Å²) >= 11 is 0. The van der Waals surface area contributed by atoms with Crippen LogP contribution in [-0.2, 0) is 4.79 Å². The summed E-state index contributed by atoms with van der Waals surface area (Å²) < 4.78 is 38.7. The standard InChI is InChI=1S/C20H21F3N2O/c21-20(22,23)16-9-6-12-25(13-16)14-19(26)24-18-11-5-4-10-17(18)15-7-2-1-3-8-15/h1-5,7-8,10-11,16H,6,9,12-14H2,(H,24,26)/t16-/m0/s1. The van der Waals surface area contributed by atoms with Crippen molar-refractivity contribution in [3.8, 4) is 11.1 Å². The summed E-state index contributed by atoms with van der Waals surface area (Å²) in [5.74, 6) is -1.64. The van der Waals surface area contributed by atoms with Gasteiger partial charge in [-0.2, -0.15) is 13.2 Å². The van der Waals surface area contributed by atoms with Crippen LogP contribution in [0.2, 0.25) is 0 Å². The van der Waals surface area contributed by atoms with E-state index in [1.807, 2.05) is 48.5 Å². The summed E-state index contributed by atoms with van der Waals surface area (Å²) in [6, 6.07) is 17.1. The molecule has 3 nitrogen and oxygen atoms in total. The fourth-order valence-corrected chi connectivity index (χ4v) is 3.32. The Morgan fingerprint density at radius 2 is 1.77 bits per heavy atom. The topological polar surface area (TPSA) is 32.3 Å². The summed E-state index contributed by atoms with van der Waals surface area (Å²) in [4.78, 5) is 14.0. The van der Waals surface area contributed by atoms with E-state index in [-0.39, 0.29) is 25.4 Å². The Morgan fingerprint density at radius 1 is 1.08 bits per heavy atom. The van der Waals surface area contributed by atoms with Crippen LogP contribution in [0, 0.1) is 5.92 Å². The fraction of sp³-hybridized carbons (Fsp3) is 0.350. The number of nitrogens with zero attached hydrogens (tertiary/aromatic N) is 1. The number of para-hydroxylation sites is 1. The lowest BCUT2D eigenvalue weighted by atomic mass is 9.97. The number of likely N-dealkylation sites (tertiary alicyclic amines) is 1. The highest BCUT2D eigenvalue weighted by atomic mass is 19.4. The minimum Gasteiger partial charge on any atom is -0.324 e. The number of hydrogen-bond donors (Lipinski definition) is 1. The van der Waals surface area contributed by atoms with Crippen LogP contribution in [0.25, 0.3) is 11.1 Å². The van der Waals surface area contributed by atoms with Gasteiger partial charge >= 0.3 is 6.18 Å². The molecule has 26 heavy (non-hydrogen) atoms. The van der Waals surface area contributed by atoms with Gasteiger partial charge in [0.2, 0.25) is 5.91 Å². The van der Waals surface area contributed by atoms with Crippen molar-refractivity contribution in [2.75, 3.05) is 25.0 Å². The van der Waals surface area contributed by atoms with Crippen molar-refractivity contribution in [2.24, 2.45) is 5.92 Å².